The number of rotatable bonds is 4. The van der Waals surface area contributed by atoms with E-state index in [0.717, 1.165) is 10.5 Å². The third-order valence-corrected chi connectivity index (χ3v) is 2.87. The van der Waals surface area contributed by atoms with Crippen molar-refractivity contribution in [2.24, 2.45) is 5.73 Å². The topological polar surface area (TPSA) is 92.9 Å². The van der Waals surface area contributed by atoms with Crippen LogP contribution in [-0.2, 0) is 16.0 Å². The summed E-state index contributed by atoms with van der Waals surface area (Å²) in [5, 5.41) is 8.83. The van der Waals surface area contributed by atoms with Crippen molar-refractivity contribution in [3.05, 3.63) is 23.8 Å². The summed E-state index contributed by atoms with van der Waals surface area (Å²) in [6.45, 7) is 0.0277. The van der Waals surface area contributed by atoms with Crippen molar-refractivity contribution in [1.29, 1.82) is 0 Å². The fourth-order valence-electron chi connectivity index (χ4n) is 2.00. The zero-order valence-corrected chi connectivity index (χ0v) is 10.5. The molecule has 3 N–H and O–H groups in total. The number of anilines is 1. The fraction of sp³-hybridized carbons (Fsp3) is 0.385. The van der Waals surface area contributed by atoms with Crippen LogP contribution in [-0.4, -0.2) is 36.7 Å². The van der Waals surface area contributed by atoms with Gasteiger partial charge < -0.3 is 15.6 Å². The van der Waals surface area contributed by atoms with Crippen LogP contribution in [0.5, 0.6) is 5.75 Å². The van der Waals surface area contributed by atoms with Gasteiger partial charge in [-0.3, -0.25) is 9.59 Å². The van der Waals surface area contributed by atoms with Gasteiger partial charge in [-0.1, -0.05) is 6.07 Å². The van der Waals surface area contributed by atoms with Crippen LogP contribution >= 0.6 is 0 Å². The van der Waals surface area contributed by atoms with Gasteiger partial charge in [-0.05, 0) is 30.7 Å². The molecule has 2 rings (SSSR count). The molecular formula is C13H16N2O4. The van der Waals surface area contributed by atoms with E-state index in [0.29, 0.717) is 24.4 Å². The van der Waals surface area contributed by atoms with Gasteiger partial charge >= 0.3 is 0 Å². The van der Waals surface area contributed by atoms with Gasteiger partial charge in [0, 0.05) is 0 Å². The van der Waals surface area contributed by atoms with Crippen molar-refractivity contribution in [1.82, 2.24) is 0 Å². The SMILES string of the molecule is NCCc1ccc2c(c1)N(C(=O)CCO)C(=O)CO2. The summed E-state index contributed by atoms with van der Waals surface area (Å²) in [5.74, 6) is -0.357. The Kier molecular flexibility index (Phi) is 4.13. The zero-order valence-electron chi connectivity index (χ0n) is 10.5. The lowest BCUT2D eigenvalue weighted by Crippen LogP contribution is -2.43. The van der Waals surface area contributed by atoms with E-state index in [9.17, 15) is 9.59 Å². The number of hydrogen-bond donors (Lipinski definition) is 2. The highest BCUT2D eigenvalue weighted by Crippen LogP contribution is 2.33. The smallest absolute Gasteiger partial charge is 0.271 e. The van der Waals surface area contributed by atoms with E-state index in [-0.39, 0.29) is 19.6 Å². The van der Waals surface area contributed by atoms with Crippen LogP contribution in [0.2, 0.25) is 0 Å². The van der Waals surface area contributed by atoms with Crippen LogP contribution in [0.3, 0.4) is 0 Å². The number of aliphatic hydroxyl groups excluding tert-OH is 1. The Morgan fingerprint density at radius 3 is 2.95 bits per heavy atom. The Morgan fingerprint density at radius 2 is 2.26 bits per heavy atom. The van der Waals surface area contributed by atoms with E-state index in [1.165, 1.54) is 0 Å². The fourth-order valence-corrected chi connectivity index (χ4v) is 2.00. The first-order valence-corrected chi connectivity index (χ1v) is 6.10. The molecule has 1 aliphatic heterocycles. The molecule has 1 aliphatic rings. The molecular weight excluding hydrogens is 248 g/mol. The van der Waals surface area contributed by atoms with Crippen LogP contribution in [0.15, 0.2) is 18.2 Å². The molecule has 102 valence electrons. The van der Waals surface area contributed by atoms with Crippen molar-refractivity contribution in [2.75, 3.05) is 24.7 Å². The molecule has 6 heteroatoms. The molecule has 0 spiro atoms. The van der Waals surface area contributed by atoms with Gasteiger partial charge in [0.05, 0.1) is 18.7 Å². The number of ether oxygens (including phenoxy) is 1. The first-order valence-electron chi connectivity index (χ1n) is 6.10. The molecule has 6 nitrogen and oxygen atoms in total. The summed E-state index contributed by atoms with van der Waals surface area (Å²) in [6, 6.07) is 5.32. The summed E-state index contributed by atoms with van der Waals surface area (Å²) in [6.07, 6.45) is 0.565. The largest absolute Gasteiger partial charge is 0.482 e. The van der Waals surface area contributed by atoms with Gasteiger partial charge in [0.2, 0.25) is 5.91 Å². The highest BCUT2D eigenvalue weighted by atomic mass is 16.5. The normalized spacial score (nSPS) is 14.0. The third-order valence-electron chi connectivity index (χ3n) is 2.87. The molecule has 1 aromatic rings. The molecule has 0 bridgehead atoms. The van der Waals surface area contributed by atoms with Gasteiger partial charge in [-0.2, -0.15) is 0 Å². The van der Waals surface area contributed by atoms with E-state index in [1.807, 2.05) is 6.07 Å². The van der Waals surface area contributed by atoms with E-state index in [1.54, 1.807) is 12.1 Å². The molecule has 0 saturated heterocycles. The lowest BCUT2D eigenvalue weighted by Gasteiger charge is -2.28. The average Bonchev–Trinajstić information content (AvgIpc) is 2.39. The minimum Gasteiger partial charge on any atom is -0.482 e. The predicted octanol–water partition coefficient (Wildman–Crippen LogP) is -0.178. The predicted molar refractivity (Wildman–Crippen MR) is 68.9 cm³/mol. The number of carbonyl (C=O) groups is 2. The van der Waals surface area contributed by atoms with E-state index in [4.69, 9.17) is 15.6 Å². The maximum absolute atomic E-state index is 11.9. The second kappa shape index (κ2) is 5.81. The molecule has 0 aromatic heterocycles. The lowest BCUT2D eigenvalue weighted by atomic mass is 10.1. The van der Waals surface area contributed by atoms with Crippen molar-refractivity contribution in [2.45, 2.75) is 12.8 Å². The van der Waals surface area contributed by atoms with Gasteiger partial charge in [-0.15, -0.1) is 0 Å². The second-order valence-electron chi connectivity index (χ2n) is 4.23. The molecule has 0 fully saturated rings. The Morgan fingerprint density at radius 1 is 1.47 bits per heavy atom. The average molecular weight is 264 g/mol. The minimum absolute atomic E-state index is 0.0910. The van der Waals surface area contributed by atoms with Gasteiger partial charge in [0.25, 0.3) is 5.91 Å². The van der Waals surface area contributed by atoms with Gasteiger partial charge in [0.1, 0.15) is 5.75 Å². The van der Waals surface area contributed by atoms with Crippen LogP contribution in [0, 0.1) is 0 Å². The maximum Gasteiger partial charge on any atom is 0.271 e. The van der Waals surface area contributed by atoms with Crippen molar-refractivity contribution >= 4 is 17.5 Å². The molecule has 0 aliphatic carbocycles. The number of carbonyl (C=O) groups excluding carboxylic acids is 2. The molecule has 2 amide bonds. The van der Waals surface area contributed by atoms with Crippen LogP contribution < -0.4 is 15.4 Å². The standard InChI is InChI=1S/C13H16N2O4/c14-5-3-9-1-2-11-10(7-9)15(12(17)4-6-16)13(18)8-19-11/h1-2,7,16H,3-6,8,14H2. The Balaban J connectivity index is 2.38. The monoisotopic (exact) mass is 264 g/mol. The van der Waals surface area contributed by atoms with Crippen LogP contribution in [0.1, 0.15) is 12.0 Å². The number of nitrogens with two attached hydrogens (primary N) is 1. The highest BCUT2D eigenvalue weighted by Gasteiger charge is 2.30. The summed E-state index contributed by atoms with van der Waals surface area (Å²) < 4.78 is 5.29. The number of amides is 2. The highest BCUT2D eigenvalue weighted by molar-refractivity contribution is 6.17. The number of imide groups is 1. The molecule has 0 atom stereocenters. The summed E-state index contributed by atoms with van der Waals surface area (Å²) in [5.41, 5.74) is 6.86. The first-order chi connectivity index (χ1) is 9.17. The second-order valence-corrected chi connectivity index (χ2v) is 4.23. The van der Waals surface area contributed by atoms with Gasteiger partial charge in [0.15, 0.2) is 6.61 Å². The molecule has 1 aromatic carbocycles. The zero-order chi connectivity index (χ0) is 13.8. The van der Waals surface area contributed by atoms with Crippen molar-refractivity contribution in [3.63, 3.8) is 0 Å². The van der Waals surface area contributed by atoms with Crippen molar-refractivity contribution in [3.8, 4) is 5.75 Å². The van der Waals surface area contributed by atoms with Crippen LogP contribution in [0.4, 0.5) is 5.69 Å². The lowest BCUT2D eigenvalue weighted by molar-refractivity contribution is -0.128. The Labute approximate surface area is 110 Å². The molecule has 1 heterocycles. The van der Waals surface area contributed by atoms with Crippen molar-refractivity contribution < 1.29 is 19.4 Å². The maximum atomic E-state index is 11.9. The molecule has 0 unspecified atom stereocenters. The quantitative estimate of drug-likeness (QED) is 0.787. The Hall–Kier alpha value is -1.92. The Bertz CT molecular complexity index is 501. The summed E-state index contributed by atoms with van der Waals surface area (Å²) in [7, 11) is 0. The van der Waals surface area contributed by atoms with Crippen LogP contribution in [0.25, 0.3) is 0 Å². The van der Waals surface area contributed by atoms with E-state index >= 15 is 0 Å². The molecule has 0 radical (unpaired) electrons. The summed E-state index contributed by atoms with van der Waals surface area (Å²) in [4.78, 5) is 24.8. The van der Waals surface area contributed by atoms with E-state index in [2.05, 4.69) is 0 Å². The molecule has 0 saturated carbocycles. The van der Waals surface area contributed by atoms with E-state index < -0.39 is 11.8 Å². The third kappa shape index (κ3) is 2.74. The number of aliphatic hydroxyl groups is 1. The van der Waals surface area contributed by atoms with Gasteiger partial charge in [-0.25, -0.2) is 4.90 Å². The number of hydrogen-bond acceptors (Lipinski definition) is 5. The number of fused-ring (bicyclic) bond motifs is 1. The molecule has 19 heavy (non-hydrogen) atoms. The minimum atomic E-state index is -0.429. The number of benzene rings is 1. The summed E-state index contributed by atoms with van der Waals surface area (Å²) >= 11 is 0. The first kappa shape index (κ1) is 13.5. The number of nitrogens with zero attached hydrogens (tertiary/aromatic N) is 1.